The van der Waals surface area contributed by atoms with Crippen LogP contribution in [0, 0.1) is 12.8 Å². The maximum atomic E-state index is 11.7. The summed E-state index contributed by atoms with van der Waals surface area (Å²) in [6, 6.07) is 1.71. The van der Waals surface area contributed by atoms with Crippen LogP contribution in [-0.4, -0.2) is 28.7 Å². The minimum absolute atomic E-state index is 0.00509. The molecule has 0 bridgehead atoms. The third-order valence-electron chi connectivity index (χ3n) is 2.31. The Labute approximate surface area is 89.4 Å². The van der Waals surface area contributed by atoms with E-state index in [0.29, 0.717) is 18.2 Å². The Balaban J connectivity index is 2.62. The Morgan fingerprint density at radius 3 is 2.73 bits per heavy atom. The summed E-state index contributed by atoms with van der Waals surface area (Å²) in [6.07, 6.45) is 0. The number of rotatable bonds is 4. The van der Waals surface area contributed by atoms with E-state index in [1.165, 1.54) is 0 Å². The van der Waals surface area contributed by atoms with E-state index in [-0.39, 0.29) is 11.9 Å². The van der Waals surface area contributed by atoms with Crippen molar-refractivity contribution in [3.05, 3.63) is 17.5 Å². The average Bonchev–Trinajstić information content (AvgIpc) is 2.60. The van der Waals surface area contributed by atoms with E-state index >= 15 is 0 Å². The molecular weight excluding hydrogens is 192 g/mol. The largest absolute Gasteiger partial charge is 0.346 e. The summed E-state index contributed by atoms with van der Waals surface area (Å²) >= 11 is 0. The van der Waals surface area contributed by atoms with Crippen molar-refractivity contribution in [2.24, 2.45) is 11.7 Å². The smallest absolute Gasteiger partial charge is 0.272 e. The fourth-order valence-corrected chi connectivity index (χ4v) is 1.27. The topological polar surface area (TPSA) is 83.8 Å². The molecule has 15 heavy (non-hydrogen) atoms. The van der Waals surface area contributed by atoms with Crippen molar-refractivity contribution < 1.29 is 4.79 Å². The summed E-state index contributed by atoms with van der Waals surface area (Å²) in [5.74, 6) is 0.141. The number of amides is 1. The van der Waals surface area contributed by atoms with E-state index in [2.05, 4.69) is 15.5 Å². The highest BCUT2D eigenvalue weighted by Crippen LogP contribution is 2.02. The highest BCUT2D eigenvalue weighted by molar-refractivity contribution is 5.92. The number of hydrogen-bond acceptors (Lipinski definition) is 3. The van der Waals surface area contributed by atoms with Crippen LogP contribution in [0.4, 0.5) is 0 Å². The molecule has 0 saturated heterocycles. The van der Waals surface area contributed by atoms with Crippen molar-refractivity contribution >= 4 is 5.91 Å². The van der Waals surface area contributed by atoms with Gasteiger partial charge in [0.25, 0.3) is 5.91 Å². The van der Waals surface area contributed by atoms with Gasteiger partial charge in [-0.25, -0.2) is 0 Å². The number of nitrogens with zero attached hydrogens (tertiary/aromatic N) is 1. The maximum Gasteiger partial charge on any atom is 0.272 e. The predicted octanol–water partition coefficient (Wildman–Crippen LogP) is 0.431. The van der Waals surface area contributed by atoms with Gasteiger partial charge in [-0.3, -0.25) is 9.89 Å². The lowest BCUT2D eigenvalue weighted by molar-refractivity contribution is 0.0922. The summed E-state index contributed by atoms with van der Waals surface area (Å²) < 4.78 is 0. The number of aryl methyl sites for hydroxylation is 1. The molecule has 1 aromatic heterocycles. The van der Waals surface area contributed by atoms with Crippen LogP contribution < -0.4 is 11.1 Å². The number of carbonyl (C=O) groups is 1. The standard InChI is InChI=1S/C10H18N4O/c1-6(2)9(5-11)12-10(15)8-4-7(3)13-14-8/h4,6,9H,5,11H2,1-3H3,(H,12,15)(H,13,14). The fraction of sp³-hybridized carbons (Fsp3) is 0.600. The lowest BCUT2D eigenvalue weighted by Crippen LogP contribution is -2.43. The third-order valence-corrected chi connectivity index (χ3v) is 2.31. The number of aromatic amines is 1. The molecule has 84 valence electrons. The molecule has 5 heteroatoms. The normalized spacial score (nSPS) is 12.9. The first-order chi connectivity index (χ1) is 7.04. The van der Waals surface area contributed by atoms with E-state index < -0.39 is 0 Å². The highest BCUT2D eigenvalue weighted by atomic mass is 16.2. The number of H-pyrrole nitrogens is 1. The average molecular weight is 210 g/mol. The van der Waals surface area contributed by atoms with Crippen LogP contribution in [0.5, 0.6) is 0 Å². The summed E-state index contributed by atoms with van der Waals surface area (Å²) in [5, 5.41) is 9.46. The van der Waals surface area contributed by atoms with Gasteiger partial charge in [0, 0.05) is 18.3 Å². The van der Waals surface area contributed by atoms with E-state index in [0.717, 1.165) is 5.69 Å². The zero-order chi connectivity index (χ0) is 11.4. The van der Waals surface area contributed by atoms with Crippen molar-refractivity contribution in [3.63, 3.8) is 0 Å². The molecule has 1 amide bonds. The molecular formula is C10H18N4O. The van der Waals surface area contributed by atoms with Gasteiger partial charge in [0.05, 0.1) is 0 Å². The van der Waals surface area contributed by atoms with Gasteiger partial charge >= 0.3 is 0 Å². The Hall–Kier alpha value is -1.36. The van der Waals surface area contributed by atoms with Crippen molar-refractivity contribution in [1.29, 1.82) is 0 Å². The summed E-state index contributed by atoms with van der Waals surface area (Å²) in [7, 11) is 0. The van der Waals surface area contributed by atoms with Crippen LogP contribution in [0.3, 0.4) is 0 Å². The second-order valence-electron chi connectivity index (χ2n) is 4.00. The number of hydrogen-bond donors (Lipinski definition) is 3. The zero-order valence-corrected chi connectivity index (χ0v) is 9.37. The lowest BCUT2D eigenvalue weighted by Gasteiger charge is -2.19. The van der Waals surface area contributed by atoms with E-state index in [1.807, 2.05) is 20.8 Å². The molecule has 0 aliphatic heterocycles. The molecule has 4 N–H and O–H groups in total. The van der Waals surface area contributed by atoms with Crippen molar-refractivity contribution in [2.75, 3.05) is 6.54 Å². The minimum atomic E-state index is -0.177. The van der Waals surface area contributed by atoms with Crippen LogP contribution in [-0.2, 0) is 0 Å². The Morgan fingerprint density at radius 2 is 2.33 bits per heavy atom. The molecule has 1 rings (SSSR count). The lowest BCUT2D eigenvalue weighted by atomic mass is 10.0. The number of nitrogens with one attached hydrogen (secondary N) is 2. The second kappa shape index (κ2) is 4.93. The van der Waals surface area contributed by atoms with Crippen LogP contribution >= 0.6 is 0 Å². The molecule has 1 atom stereocenters. The van der Waals surface area contributed by atoms with Gasteiger partial charge in [-0.15, -0.1) is 0 Å². The predicted molar refractivity (Wildman–Crippen MR) is 58.5 cm³/mol. The molecule has 1 unspecified atom stereocenters. The summed E-state index contributed by atoms with van der Waals surface area (Å²) in [6.45, 7) is 6.33. The highest BCUT2D eigenvalue weighted by Gasteiger charge is 2.16. The van der Waals surface area contributed by atoms with Crippen LogP contribution in [0.15, 0.2) is 6.07 Å². The zero-order valence-electron chi connectivity index (χ0n) is 9.37. The number of nitrogens with two attached hydrogens (primary N) is 1. The van der Waals surface area contributed by atoms with Gasteiger partial charge in [-0.1, -0.05) is 13.8 Å². The van der Waals surface area contributed by atoms with Crippen molar-refractivity contribution in [1.82, 2.24) is 15.5 Å². The molecule has 0 spiro atoms. The van der Waals surface area contributed by atoms with Gasteiger partial charge in [0.2, 0.25) is 0 Å². The third kappa shape index (κ3) is 3.06. The monoisotopic (exact) mass is 210 g/mol. The first-order valence-electron chi connectivity index (χ1n) is 5.07. The van der Waals surface area contributed by atoms with Gasteiger partial charge in [-0.2, -0.15) is 5.10 Å². The Morgan fingerprint density at radius 1 is 1.67 bits per heavy atom. The molecule has 1 heterocycles. The summed E-state index contributed by atoms with van der Waals surface area (Å²) in [5.41, 5.74) is 6.84. The molecule has 0 saturated carbocycles. The van der Waals surface area contributed by atoms with Crippen LogP contribution in [0.1, 0.15) is 30.0 Å². The van der Waals surface area contributed by atoms with Crippen molar-refractivity contribution in [2.45, 2.75) is 26.8 Å². The molecule has 1 aromatic rings. The van der Waals surface area contributed by atoms with Crippen molar-refractivity contribution in [3.8, 4) is 0 Å². The number of aromatic nitrogens is 2. The quantitative estimate of drug-likeness (QED) is 0.674. The first-order valence-corrected chi connectivity index (χ1v) is 5.07. The Bertz CT molecular complexity index is 332. The Kier molecular flexibility index (Phi) is 3.85. The van der Waals surface area contributed by atoms with Crippen LogP contribution in [0.25, 0.3) is 0 Å². The molecule has 0 aliphatic rings. The van der Waals surface area contributed by atoms with Gasteiger partial charge in [0.1, 0.15) is 5.69 Å². The minimum Gasteiger partial charge on any atom is -0.346 e. The van der Waals surface area contributed by atoms with Gasteiger partial charge in [0.15, 0.2) is 0 Å². The molecule has 0 fully saturated rings. The van der Waals surface area contributed by atoms with Gasteiger partial charge in [-0.05, 0) is 18.9 Å². The van der Waals surface area contributed by atoms with E-state index in [4.69, 9.17) is 5.73 Å². The number of carbonyl (C=O) groups excluding carboxylic acids is 1. The first kappa shape index (κ1) is 11.7. The van der Waals surface area contributed by atoms with E-state index in [9.17, 15) is 4.79 Å². The molecule has 5 nitrogen and oxygen atoms in total. The second-order valence-corrected chi connectivity index (χ2v) is 4.00. The van der Waals surface area contributed by atoms with Gasteiger partial charge < -0.3 is 11.1 Å². The molecule has 0 radical (unpaired) electrons. The molecule has 0 aliphatic carbocycles. The maximum absolute atomic E-state index is 11.7. The fourth-order valence-electron chi connectivity index (χ4n) is 1.27. The SMILES string of the molecule is Cc1cc(C(=O)NC(CN)C(C)C)n[nH]1. The van der Waals surface area contributed by atoms with Crippen LogP contribution in [0.2, 0.25) is 0 Å². The van der Waals surface area contributed by atoms with E-state index in [1.54, 1.807) is 6.07 Å². The summed E-state index contributed by atoms with van der Waals surface area (Å²) in [4.78, 5) is 11.7. The molecule has 0 aromatic carbocycles.